The van der Waals surface area contributed by atoms with Crippen LogP contribution in [0.4, 0.5) is 5.69 Å². The lowest BCUT2D eigenvalue weighted by atomic mass is 10.3. The molecule has 1 heterocycles. The van der Waals surface area contributed by atoms with Gasteiger partial charge in [-0.2, -0.15) is 0 Å². The molecular weight excluding hydrogens is 192 g/mol. The van der Waals surface area contributed by atoms with Gasteiger partial charge in [-0.1, -0.05) is 18.2 Å². The third kappa shape index (κ3) is 1.77. The number of para-hydroxylation sites is 1. The van der Waals surface area contributed by atoms with Gasteiger partial charge in [-0.25, -0.2) is 4.99 Å². The zero-order valence-corrected chi connectivity index (χ0v) is 9.08. The maximum Gasteiger partial charge on any atom is 0.189 e. The zero-order valence-electron chi connectivity index (χ0n) is 8.27. The van der Waals surface area contributed by atoms with E-state index in [2.05, 4.69) is 21.9 Å². The Morgan fingerprint density at radius 3 is 2.50 bits per heavy atom. The largest absolute Gasteiger partial charge is 0.324 e. The van der Waals surface area contributed by atoms with Crippen molar-refractivity contribution in [3.8, 4) is 0 Å². The second-order valence-electron chi connectivity index (χ2n) is 3.17. The highest BCUT2D eigenvalue weighted by atomic mass is 32.1. The predicted molar refractivity (Wildman–Crippen MR) is 59.7 cm³/mol. The standard InChI is InChI=1S/C11H12N2S/c1-9-8-14-11(13(9)2)12-10-6-4-3-5-7-10/h3-8H,1-2H3. The third-order valence-electron chi connectivity index (χ3n) is 2.13. The molecule has 0 aliphatic carbocycles. The van der Waals surface area contributed by atoms with E-state index in [0.29, 0.717) is 0 Å². The fraction of sp³-hybridized carbons (Fsp3) is 0.182. The number of benzene rings is 1. The van der Waals surface area contributed by atoms with Crippen molar-refractivity contribution in [2.75, 3.05) is 0 Å². The molecule has 1 aromatic heterocycles. The van der Waals surface area contributed by atoms with Crippen LogP contribution in [0.3, 0.4) is 0 Å². The van der Waals surface area contributed by atoms with E-state index in [1.165, 1.54) is 5.69 Å². The van der Waals surface area contributed by atoms with Gasteiger partial charge >= 0.3 is 0 Å². The summed E-state index contributed by atoms with van der Waals surface area (Å²) in [5.41, 5.74) is 2.25. The first-order valence-electron chi connectivity index (χ1n) is 4.48. The first-order chi connectivity index (χ1) is 6.77. The van der Waals surface area contributed by atoms with Crippen LogP contribution in [0, 0.1) is 6.92 Å². The van der Waals surface area contributed by atoms with Crippen LogP contribution in [0.15, 0.2) is 40.7 Å². The van der Waals surface area contributed by atoms with Crippen molar-refractivity contribution in [3.63, 3.8) is 0 Å². The second-order valence-corrected chi connectivity index (χ2v) is 4.00. The first-order valence-corrected chi connectivity index (χ1v) is 5.36. The van der Waals surface area contributed by atoms with E-state index >= 15 is 0 Å². The van der Waals surface area contributed by atoms with Crippen molar-refractivity contribution < 1.29 is 0 Å². The number of hydrogen-bond donors (Lipinski definition) is 0. The molecular formula is C11H12N2S. The number of rotatable bonds is 1. The van der Waals surface area contributed by atoms with Gasteiger partial charge in [0.1, 0.15) is 0 Å². The molecule has 0 bridgehead atoms. The molecule has 3 heteroatoms. The van der Waals surface area contributed by atoms with Crippen LogP contribution in [0.2, 0.25) is 0 Å². The Hall–Kier alpha value is -1.35. The summed E-state index contributed by atoms with van der Waals surface area (Å²) in [6.07, 6.45) is 0. The van der Waals surface area contributed by atoms with E-state index < -0.39 is 0 Å². The van der Waals surface area contributed by atoms with Crippen LogP contribution in [-0.4, -0.2) is 4.57 Å². The van der Waals surface area contributed by atoms with Crippen LogP contribution in [0.5, 0.6) is 0 Å². The van der Waals surface area contributed by atoms with Gasteiger partial charge in [0.2, 0.25) is 0 Å². The molecule has 0 aliphatic heterocycles. The average Bonchev–Trinajstić information content (AvgIpc) is 2.52. The monoisotopic (exact) mass is 204 g/mol. The number of aryl methyl sites for hydroxylation is 1. The normalized spacial score (nSPS) is 12.0. The molecule has 1 aromatic carbocycles. The average molecular weight is 204 g/mol. The van der Waals surface area contributed by atoms with Crippen LogP contribution >= 0.6 is 11.3 Å². The summed E-state index contributed by atoms with van der Waals surface area (Å²) in [6, 6.07) is 10.0. The Balaban J connectivity index is 2.50. The lowest BCUT2D eigenvalue weighted by molar-refractivity contribution is 0.835. The van der Waals surface area contributed by atoms with Gasteiger partial charge in [-0.15, -0.1) is 11.3 Å². The smallest absolute Gasteiger partial charge is 0.189 e. The number of hydrogen-bond acceptors (Lipinski definition) is 2. The molecule has 0 unspecified atom stereocenters. The molecule has 0 N–H and O–H groups in total. The van der Waals surface area contributed by atoms with E-state index in [-0.39, 0.29) is 0 Å². The van der Waals surface area contributed by atoms with Crippen LogP contribution in [0.25, 0.3) is 0 Å². The fourth-order valence-electron chi connectivity index (χ4n) is 1.16. The van der Waals surface area contributed by atoms with Crippen molar-refractivity contribution in [2.45, 2.75) is 6.92 Å². The van der Waals surface area contributed by atoms with Crippen molar-refractivity contribution in [3.05, 3.63) is 46.2 Å². The Bertz CT molecular complexity index is 479. The Labute approximate surface area is 87.2 Å². The summed E-state index contributed by atoms with van der Waals surface area (Å²) in [5.74, 6) is 0. The van der Waals surface area contributed by atoms with Gasteiger partial charge in [0.15, 0.2) is 4.80 Å². The predicted octanol–water partition coefficient (Wildman–Crippen LogP) is 2.63. The zero-order chi connectivity index (χ0) is 9.97. The molecule has 0 fully saturated rings. The van der Waals surface area contributed by atoms with Gasteiger partial charge in [0.05, 0.1) is 5.69 Å². The quantitative estimate of drug-likeness (QED) is 0.679. The van der Waals surface area contributed by atoms with Crippen molar-refractivity contribution in [1.82, 2.24) is 4.57 Å². The summed E-state index contributed by atoms with van der Waals surface area (Å²) < 4.78 is 2.09. The molecule has 0 saturated carbocycles. The van der Waals surface area contributed by atoms with E-state index in [4.69, 9.17) is 0 Å². The first kappa shape index (κ1) is 9.21. The minimum absolute atomic E-state index is 1.00. The SMILES string of the molecule is Cc1csc(=Nc2ccccc2)n1C. The van der Waals surface area contributed by atoms with E-state index in [0.717, 1.165) is 10.5 Å². The molecule has 2 aromatic rings. The Morgan fingerprint density at radius 1 is 1.21 bits per heavy atom. The van der Waals surface area contributed by atoms with Crippen molar-refractivity contribution in [1.29, 1.82) is 0 Å². The van der Waals surface area contributed by atoms with E-state index in [1.807, 2.05) is 37.4 Å². The maximum atomic E-state index is 4.54. The number of aromatic nitrogens is 1. The lowest BCUT2D eigenvalue weighted by Crippen LogP contribution is -2.10. The van der Waals surface area contributed by atoms with Crippen LogP contribution in [-0.2, 0) is 7.05 Å². The van der Waals surface area contributed by atoms with Gasteiger partial charge in [-0.3, -0.25) is 0 Å². The highest BCUT2D eigenvalue weighted by Crippen LogP contribution is 2.09. The Morgan fingerprint density at radius 2 is 1.93 bits per heavy atom. The van der Waals surface area contributed by atoms with Gasteiger partial charge in [0, 0.05) is 18.1 Å². The van der Waals surface area contributed by atoms with Crippen molar-refractivity contribution >= 4 is 17.0 Å². The topological polar surface area (TPSA) is 17.3 Å². The number of nitrogens with zero attached hydrogens (tertiary/aromatic N) is 2. The highest BCUT2D eigenvalue weighted by Gasteiger charge is 1.94. The molecule has 2 rings (SSSR count). The highest BCUT2D eigenvalue weighted by molar-refractivity contribution is 7.07. The lowest BCUT2D eigenvalue weighted by Gasteiger charge is -1.94. The number of thiazole rings is 1. The Kier molecular flexibility index (Phi) is 2.50. The van der Waals surface area contributed by atoms with Crippen molar-refractivity contribution in [2.24, 2.45) is 12.0 Å². The summed E-state index contributed by atoms with van der Waals surface area (Å²) in [4.78, 5) is 5.58. The molecule has 0 aliphatic rings. The van der Waals surface area contributed by atoms with Gasteiger partial charge in [-0.05, 0) is 19.1 Å². The van der Waals surface area contributed by atoms with Crippen LogP contribution in [0.1, 0.15) is 5.69 Å². The molecule has 2 nitrogen and oxygen atoms in total. The summed E-state index contributed by atoms with van der Waals surface area (Å²) in [6.45, 7) is 2.08. The third-order valence-corrected chi connectivity index (χ3v) is 3.17. The molecule has 72 valence electrons. The molecule has 0 amide bonds. The van der Waals surface area contributed by atoms with E-state index in [9.17, 15) is 0 Å². The second kappa shape index (κ2) is 3.80. The summed E-state index contributed by atoms with van der Waals surface area (Å²) in [5, 5.41) is 2.11. The van der Waals surface area contributed by atoms with Crippen LogP contribution < -0.4 is 4.80 Å². The molecule has 0 spiro atoms. The summed E-state index contributed by atoms with van der Waals surface area (Å²) >= 11 is 1.67. The minimum Gasteiger partial charge on any atom is -0.324 e. The molecule has 0 radical (unpaired) electrons. The molecule has 14 heavy (non-hydrogen) atoms. The minimum atomic E-state index is 1.00. The van der Waals surface area contributed by atoms with E-state index in [1.54, 1.807) is 11.3 Å². The fourth-order valence-corrected chi connectivity index (χ4v) is 2.06. The van der Waals surface area contributed by atoms with Gasteiger partial charge in [0.25, 0.3) is 0 Å². The summed E-state index contributed by atoms with van der Waals surface area (Å²) in [7, 11) is 2.04. The van der Waals surface area contributed by atoms with Gasteiger partial charge < -0.3 is 4.57 Å². The molecule has 0 atom stereocenters. The molecule has 0 saturated heterocycles. The maximum absolute atomic E-state index is 4.54.